The van der Waals surface area contributed by atoms with Crippen molar-refractivity contribution in [3.63, 3.8) is 0 Å². The molecule has 9 heteroatoms. The molecule has 1 saturated heterocycles. The van der Waals surface area contributed by atoms with E-state index in [1.165, 1.54) is 0 Å². The summed E-state index contributed by atoms with van der Waals surface area (Å²) in [5.74, 6) is 2.44. The van der Waals surface area contributed by atoms with Crippen LogP contribution in [0.2, 0.25) is 0 Å². The number of aryl methyl sites for hydroxylation is 1. The highest BCUT2D eigenvalue weighted by Crippen LogP contribution is 2.11. The predicted octanol–water partition coefficient (Wildman–Crippen LogP) is 1.55. The van der Waals surface area contributed by atoms with Crippen LogP contribution < -0.4 is 10.6 Å². The Morgan fingerprint density at radius 3 is 2.96 bits per heavy atom. The second-order valence-corrected chi connectivity index (χ2v) is 6.05. The summed E-state index contributed by atoms with van der Waals surface area (Å²) in [7, 11) is 1.94. The maximum atomic E-state index is 5.67. The normalized spacial score (nSPS) is 17.0. The largest absolute Gasteiger partial charge is 0.379 e. The third-order valence-corrected chi connectivity index (χ3v) is 4.06. The van der Waals surface area contributed by atoms with Crippen LogP contribution in [0.1, 0.15) is 30.9 Å². The summed E-state index contributed by atoms with van der Waals surface area (Å²) >= 11 is 0. The Morgan fingerprint density at radius 1 is 1.46 bits per heavy atom. The number of hydrogen-bond acceptors (Lipinski definition) is 5. The fourth-order valence-electron chi connectivity index (χ4n) is 2.45. The van der Waals surface area contributed by atoms with Crippen LogP contribution >= 0.6 is 24.0 Å². The highest BCUT2D eigenvalue weighted by Gasteiger charge is 2.14. The molecule has 1 atom stereocenters. The molecule has 2 N–H and O–H groups in total. The number of nitrogens with zero attached hydrogens (tertiary/aromatic N) is 4. The first-order valence-electron chi connectivity index (χ1n) is 8.88. The van der Waals surface area contributed by atoms with Crippen molar-refractivity contribution in [2.75, 3.05) is 32.9 Å². The monoisotopic (exact) mass is 478 g/mol. The molecule has 0 radical (unpaired) electrons. The molecule has 1 unspecified atom stereocenters. The van der Waals surface area contributed by atoms with Gasteiger partial charge in [0.25, 0.3) is 0 Å². The van der Waals surface area contributed by atoms with Crippen LogP contribution in [0.3, 0.4) is 0 Å². The average molecular weight is 478 g/mol. The molecule has 0 aromatic carbocycles. The van der Waals surface area contributed by atoms with Gasteiger partial charge in [0.2, 0.25) is 0 Å². The lowest BCUT2D eigenvalue weighted by Gasteiger charge is -2.12. The minimum absolute atomic E-state index is 0. The summed E-state index contributed by atoms with van der Waals surface area (Å²) in [6, 6.07) is 0. The standard InChI is InChI=1S/C17H30N6O2.HI/c1-4-8-18-17(20-12-16-22-21-14(2)23(16)3)19-9-6-10-24-13-15-7-5-11-25-15;/h4,15H,1,5-13H2,2-3H3,(H2,18,19,20);1H. The second-order valence-electron chi connectivity index (χ2n) is 6.05. The molecule has 0 bridgehead atoms. The average Bonchev–Trinajstić information content (AvgIpc) is 3.24. The minimum Gasteiger partial charge on any atom is -0.379 e. The fourth-order valence-corrected chi connectivity index (χ4v) is 2.45. The molecule has 0 amide bonds. The number of halogens is 1. The molecule has 1 aromatic heterocycles. The van der Waals surface area contributed by atoms with Crippen LogP contribution in [0.15, 0.2) is 17.6 Å². The molecule has 1 aliphatic rings. The number of guanidine groups is 1. The first kappa shape index (κ1) is 22.8. The van der Waals surface area contributed by atoms with E-state index in [1.54, 1.807) is 6.08 Å². The van der Waals surface area contributed by atoms with Crippen LogP contribution in [0.4, 0.5) is 0 Å². The van der Waals surface area contributed by atoms with E-state index in [-0.39, 0.29) is 30.1 Å². The topological polar surface area (TPSA) is 85.6 Å². The molecule has 2 rings (SSSR count). The van der Waals surface area contributed by atoms with Crippen LogP contribution in [-0.2, 0) is 23.1 Å². The summed E-state index contributed by atoms with van der Waals surface area (Å²) in [6.45, 7) is 9.83. The number of hydrogen-bond donors (Lipinski definition) is 2. The van der Waals surface area contributed by atoms with Crippen molar-refractivity contribution in [2.45, 2.75) is 38.8 Å². The lowest BCUT2D eigenvalue weighted by atomic mass is 10.2. The molecule has 26 heavy (non-hydrogen) atoms. The van der Waals surface area contributed by atoms with Gasteiger partial charge < -0.3 is 24.7 Å². The molecule has 0 aliphatic carbocycles. The van der Waals surface area contributed by atoms with Crippen LogP contribution in [0.5, 0.6) is 0 Å². The molecule has 2 heterocycles. The van der Waals surface area contributed by atoms with Crippen LogP contribution in [0.25, 0.3) is 0 Å². The van der Waals surface area contributed by atoms with Gasteiger partial charge >= 0.3 is 0 Å². The van der Waals surface area contributed by atoms with Crippen LogP contribution in [-0.4, -0.2) is 59.7 Å². The maximum absolute atomic E-state index is 5.67. The Kier molecular flexibility index (Phi) is 11.5. The Balaban J connectivity index is 0.00000338. The molecular formula is C17H31IN6O2. The summed E-state index contributed by atoms with van der Waals surface area (Å²) < 4.78 is 13.1. The third-order valence-electron chi connectivity index (χ3n) is 4.06. The zero-order chi connectivity index (χ0) is 17.9. The number of aromatic nitrogens is 3. The zero-order valence-electron chi connectivity index (χ0n) is 15.7. The molecule has 0 saturated carbocycles. The number of rotatable bonds is 10. The molecule has 8 nitrogen and oxygen atoms in total. The minimum atomic E-state index is 0. The summed E-state index contributed by atoms with van der Waals surface area (Å²) in [5, 5.41) is 14.7. The van der Waals surface area contributed by atoms with E-state index in [0.29, 0.717) is 26.3 Å². The van der Waals surface area contributed by atoms with E-state index in [0.717, 1.165) is 50.0 Å². The van der Waals surface area contributed by atoms with E-state index in [1.807, 2.05) is 18.5 Å². The molecule has 1 aliphatic heterocycles. The summed E-state index contributed by atoms with van der Waals surface area (Å²) in [4.78, 5) is 4.55. The van der Waals surface area contributed by atoms with Crippen molar-refractivity contribution in [1.82, 2.24) is 25.4 Å². The lowest BCUT2D eigenvalue weighted by Crippen LogP contribution is -2.38. The van der Waals surface area contributed by atoms with E-state index in [2.05, 4.69) is 32.4 Å². The SMILES string of the molecule is C=CCNC(=NCc1nnc(C)n1C)NCCCOCC1CCCO1.I. The molecule has 1 aromatic rings. The summed E-state index contributed by atoms with van der Waals surface area (Å²) in [6.07, 6.45) is 5.25. The van der Waals surface area contributed by atoms with E-state index < -0.39 is 0 Å². The van der Waals surface area contributed by atoms with Gasteiger partial charge in [-0.1, -0.05) is 6.08 Å². The molecule has 0 spiro atoms. The van der Waals surface area contributed by atoms with Gasteiger partial charge in [0.1, 0.15) is 12.4 Å². The van der Waals surface area contributed by atoms with Crippen LogP contribution in [0, 0.1) is 6.92 Å². The summed E-state index contributed by atoms with van der Waals surface area (Å²) in [5.41, 5.74) is 0. The van der Waals surface area contributed by atoms with Gasteiger partial charge in [-0.2, -0.15) is 0 Å². The lowest BCUT2D eigenvalue weighted by molar-refractivity contribution is 0.0168. The van der Waals surface area contributed by atoms with Gasteiger partial charge in [0.15, 0.2) is 11.8 Å². The van der Waals surface area contributed by atoms with E-state index in [9.17, 15) is 0 Å². The Morgan fingerprint density at radius 2 is 2.31 bits per heavy atom. The molecular weight excluding hydrogens is 447 g/mol. The molecule has 1 fully saturated rings. The van der Waals surface area contributed by atoms with Gasteiger partial charge in [0.05, 0.1) is 12.7 Å². The van der Waals surface area contributed by atoms with Crippen molar-refractivity contribution in [3.05, 3.63) is 24.3 Å². The van der Waals surface area contributed by atoms with E-state index in [4.69, 9.17) is 9.47 Å². The van der Waals surface area contributed by atoms with Gasteiger partial charge in [-0.25, -0.2) is 4.99 Å². The fraction of sp³-hybridized carbons (Fsp3) is 0.706. The smallest absolute Gasteiger partial charge is 0.191 e. The van der Waals surface area contributed by atoms with Crippen molar-refractivity contribution in [3.8, 4) is 0 Å². The van der Waals surface area contributed by atoms with E-state index >= 15 is 0 Å². The highest BCUT2D eigenvalue weighted by atomic mass is 127. The van der Waals surface area contributed by atoms with Gasteiger partial charge in [-0.3, -0.25) is 0 Å². The second kappa shape index (κ2) is 13.0. The quantitative estimate of drug-likeness (QED) is 0.175. The van der Waals surface area contributed by atoms with Crippen molar-refractivity contribution < 1.29 is 9.47 Å². The maximum Gasteiger partial charge on any atom is 0.191 e. The Bertz CT molecular complexity index is 557. The Labute approximate surface area is 172 Å². The number of aliphatic imine (C=N–C) groups is 1. The van der Waals surface area contributed by atoms with Crippen molar-refractivity contribution in [2.24, 2.45) is 12.0 Å². The van der Waals surface area contributed by atoms with Gasteiger partial charge in [-0.05, 0) is 26.2 Å². The number of nitrogens with one attached hydrogen (secondary N) is 2. The highest BCUT2D eigenvalue weighted by molar-refractivity contribution is 14.0. The predicted molar refractivity (Wildman–Crippen MR) is 113 cm³/mol. The van der Waals surface area contributed by atoms with Crippen molar-refractivity contribution >= 4 is 29.9 Å². The number of ether oxygens (including phenoxy) is 2. The third kappa shape index (κ3) is 8.00. The van der Waals surface area contributed by atoms with Gasteiger partial charge in [-0.15, -0.1) is 40.8 Å². The first-order chi connectivity index (χ1) is 12.2. The van der Waals surface area contributed by atoms with Gasteiger partial charge in [0, 0.05) is 33.4 Å². The van der Waals surface area contributed by atoms with Crippen molar-refractivity contribution in [1.29, 1.82) is 0 Å². The first-order valence-corrected chi connectivity index (χ1v) is 8.88. The Hall–Kier alpha value is -1.20. The zero-order valence-corrected chi connectivity index (χ0v) is 18.1. The molecule has 148 valence electrons.